The van der Waals surface area contributed by atoms with Gasteiger partial charge in [0.15, 0.2) is 0 Å². The molecule has 2 aromatic rings. The van der Waals surface area contributed by atoms with E-state index in [9.17, 15) is 18.0 Å². The molecule has 4 nitrogen and oxygen atoms in total. The first-order chi connectivity index (χ1) is 12.3. The fourth-order valence-corrected chi connectivity index (χ4v) is 2.82. The summed E-state index contributed by atoms with van der Waals surface area (Å²) in [7, 11) is 0. The van der Waals surface area contributed by atoms with Crippen LogP contribution in [0.4, 0.5) is 13.2 Å². The summed E-state index contributed by atoms with van der Waals surface area (Å²) in [6.07, 6.45) is 0.786. The Morgan fingerprint density at radius 2 is 1.65 bits per heavy atom. The lowest BCUT2D eigenvalue weighted by atomic mass is 10.1. The van der Waals surface area contributed by atoms with Crippen LogP contribution in [0.2, 0.25) is 0 Å². The van der Waals surface area contributed by atoms with Gasteiger partial charge >= 0.3 is 12.1 Å². The number of alkyl halides is 3. The number of rotatable bonds is 11. The second-order valence-corrected chi connectivity index (χ2v) is 6.43. The number of carboxylic acids is 1. The summed E-state index contributed by atoms with van der Waals surface area (Å²) in [6.45, 7) is 0.565. The van der Waals surface area contributed by atoms with E-state index < -0.39 is 18.6 Å². The first-order valence-electron chi connectivity index (χ1n) is 8.91. The van der Waals surface area contributed by atoms with E-state index in [0.29, 0.717) is 18.8 Å². The number of carboxylic acid groups (broad SMARTS) is 1. The van der Waals surface area contributed by atoms with Crippen LogP contribution in [-0.2, 0) is 0 Å². The maximum Gasteiger partial charge on any atom is 0.389 e. The molecule has 2 N–H and O–H groups in total. The Hall–Kier alpha value is -2.18. The number of ether oxygens (including phenoxy) is 1. The number of halogens is 3. The number of hydrogen-bond acceptors (Lipinski definition) is 2. The molecule has 0 saturated carbocycles. The molecule has 0 spiro atoms. The van der Waals surface area contributed by atoms with Crippen molar-refractivity contribution in [2.24, 2.45) is 0 Å². The number of aromatic nitrogens is 1. The predicted octanol–water partition coefficient (Wildman–Crippen LogP) is 5.93. The lowest BCUT2D eigenvalue weighted by Gasteiger charge is -2.07. The number of aromatic amines is 1. The van der Waals surface area contributed by atoms with Crippen LogP contribution in [0.25, 0.3) is 10.9 Å². The zero-order chi connectivity index (χ0) is 19.0. The third kappa shape index (κ3) is 6.98. The average Bonchev–Trinajstić information content (AvgIpc) is 2.99. The van der Waals surface area contributed by atoms with Gasteiger partial charge in [0.05, 0.1) is 6.61 Å². The minimum Gasteiger partial charge on any atom is -0.494 e. The summed E-state index contributed by atoms with van der Waals surface area (Å²) in [6, 6.07) is 6.96. The van der Waals surface area contributed by atoms with Gasteiger partial charge in [-0.1, -0.05) is 32.1 Å². The van der Waals surface area contributed by atoms with Gasteiger partial charge in [0.1, 0.15) is 11.4 Å². The topological polar surface area (TPSA) is 62.3 Å². The van der Waals surface area contributed by atoms with Crippen molar-refractivity contribution >= 4 is 16.9 Å². The number of carbonyl (C=O) groups is 1. The summed E-state index contributed by atoms with van der Waals surface area (Å²) >= 11 is 0. The minimum atomic E-state index is -4.03. The van der Waals surface area contributed by atoms with Gasteiger partial charge in [0.25, 0.3) is 0 Å². The lowest BCUT2D eigenvalue weighted by molar-refractivity contribution is -0.135. The number of fused-ring (bicyclic) bond motifs is 1. The van der Waals surface area contributed by atoms with Crippen LogP contribution in [-0.4, -0.2) is 28.8 Å². The van der Waals surface area contributed by atoms with E-state index in [2.05, 4.69) is 4.98 Å². The van der Waals surface area contributed by atoms with Crippen molar-refractivity contribution < 1.29 is 27.8 Å². The fraction of sp³-hybridized carbons (Fsp3) is 0.526. The molecule has 7 heteroatoms. The molecule has 0 bridgehead atoms. The minimum absolute atomic E-state index is 0.146. The van der Waals surface area contributed by atoms with Gasteiger partial charge < -0.3 is 14.8 Å². The highest BCUT2D eigenvalue weighted by molar-refractivity contribution is 5.94. The SMILES string of the molecule is O=C(O)c1cc2cc(OCCCCCCCCCC(F)(F)F)ccc2[nH]1. The molecule has 0 unspecified atom stereocenters. The molecular weight excluding hydrogens is 347 g/mol. The van der Waals surface area contributed by atoms with Gasteiger partial charge in [0, 0.05) is 17.3 Å². The molecule has 0 saturated heterocycles. The number of hydrogen-bond donors (Lipinski definition) is 2. The molecule has 0 aliphatic heterocycles. The molecular formula is C19H24F3NO3. The van der Waals surface area contributed by atoms with E-state index in [4.69, 9.17) is 9.84 Å². The van der Waals surface area contributed by atoms with Crippen molar-refractivity contribution in [2.45, 2.75) is 57.5 Å². The van der Waals surface area contributed by atoms with Crippen molar-refractivity contribution in [2.75, 3.05) is 6.61 Å². The second kappa shape index (κ2) is 9.50. The quantitative estimate of drug-likeness (QED) is 0.481. The predicted molar refractivity (Wildman–Crippen MR) is 93.7 cm³/mol. The van der Waals surface area contributed by atoms with E-state index in [1.54, 1.807) is 24.3 Å². The first-order valence-corrected chi connectivity index (χ1v) is 8.91. The largest absolute Gasteiger partial charge is 0.494 e. The standard InChI is InChI=1S/C19H24F3NO3/c20-19(21,22)10-6-4-2-1-3-5-7-11-26-15-8-9-16-14(12-15)13-17(23-16)18(24)25/h8-9,12-13,23H,1-7,10-11H2,(H,24,25). The molecule has 0 radical (unpaired) electrons. The average molecular weight is 371 g/mol. The molecule has 0 atom stereocenters. The first kappa shape index (κ1) is 20.1. The van der Waals surface area contributed by atoms with Gasteiger partial charge in [0.2, 0.25) is 0 Å². The highest BCUT2D eigenvalue weighted by Gasteiger charge is 2.25. The van der Waals surface area contributed by atoms with Crippen LogP contribution >= 0.6 is 0 Å². The summed E-state index contributed by atoms with van der Waals surface area (Å²) in [5, 5.41) is 9.76. The number of unbranched alkanes of at least 4 members (excludes halogenated alkanes) is 6. The fourth-order valence-electron chi connectivity index (χ4n) is 2.82. The Kier molecular flexibility index (Phi) is 7.36. The Morgan fingerprint density at radius 3 is 2.31 bits per heavy atom. The Bertz CT molecular complexity index is 710. The van der Waals surface area contributed by atoms with Crippen LogP contribution in [0, 0.1) is 0 Å². The van der Waals surface area contributed by atoms with E-state index in [0.717, 1.165) is 43.0 Å². The van der Waals surface area contributed by atoms with Crippen LogP contribution in [0.15, 0.2) is 24.3 Å². The van der Waals surface area contributed by atoms with E-state index in [-0.39, 0.29) is 12.1 Å². The third-order valence-corrected chi connectivity index (χ3v) is 4.20. The Balaban J connectivity index is 1.57. The maximum atomic E-state index is 12.0. The highest BCUT2D eigenvalue weighted by atomic mass is 19.4. The van der Waals surface area contributed by atoms with Gasteiger partial charge in [-0.25, -0.2) is 4.79 Å². The summed E-state index contributed by atoms with van der Waals surface area (Å²) in [4.78, 5) is 13.8. The van der Waals surface area contributed by atoms with Gasteiger partial charge in [-0.2, -0.15) is 13.2 Å². The number of H-pyrrole nitrogens is 1. The highest BCUT2D eigenvalue weighted by Crippen LogP contribution is 2.24. The third-order valence-electron chi connectivity index (χ3n) is 4.20. The normalized spacial score (nSPS) is 11.8. The molecule has 1 heterocycles. The molecule has 0 aliphatic carbocycles. The number of benzene rings is 1. The zero-order valence-electron chi connectivity index (χ0n) is 14.6. The van der Waals surface area contributed by atoms with Crippen molar-refractivity contribution in [1.29, 1.82) is 0 Å². The van der Waals surface area contributed by atoms with Crippen LogP contribution in [0.5, 0.6) is 5.75 Å². The maximum absolute atomic E-state index is 12.0. The van der Waals surface area contributed by atoms with Crippen molar-refractivity contribution in [3.8, 4) is 5.75 Å². The lowest BCUT2D eigenvalue weighted by Crippen LogP contribution is -2.06. The van der Waals surface area contributed by atoms with Gasteiger partial charge in [-0.15, -0.1) is 0 Å². The van der Waals surface area contributed by atoms with E-state index >= 15 is 0 Å². The van der Waals surface area contributed by atoms with Crippen molar-refractivity contribution in [1.82, 2.24) is 4.98 Å². The second-order valence-electron chi connectivity index (χ2n) is 6.43. The van der Waals surface area contributed by atoms with E-state index in [1.807, 2.05) is 0 Å². The van der Waals surface area contributed by atoms with Crippen molar-refractivity contribution in [3.63, 3.8) is 0 Å². The van der Waals surface area contributed by atoms with Crippen LogP contribution in [0.3, 0.4) is 0 Å². The molecule has 2 rings (SSSR count). The Morgan fingerprint density at radius 1 is 1.00 bits per heavy atom. The molecule has 0 aliphatic rings. The van der Waals surface area contributed by atoms with Crippen LogP contribution in [0.1, 0.15) is 61.9 Å². The number of aromatic carboxylic acids is 1. The van der Waals surface area contributed by atoms with E-state index in [1.165, 1.54) is 0 Å². The number of nitrogens with one attached hydrogen (secondary N) is 1. The van der Waals surface area contributed by atoms with Gasteiger partial charge in [-0.05, 0) is 37.1 Å². The van der Waals surface area contributed by atoms with Crippen LogP contribution < -0.4 is 4.74 Å². The monoisotopic (exact) mass is 371 g/mol. The molecule has 1 aromatic carbocycles. The summed E-state index contributed by atoms with van der Waals surface area (Å²) in [5.74, 6) is -0.303. The molecule has 26 heavy (non-hydrogen) atoms. The summed E-state index contributed by atoms with van der Waals surface area (Å²) < 4.78 is 41.7. The zero-order valence-corrected chi connectivity index (χ0v) is 14.6. The van der Waals surface area contributed by atoms with Crippen molar-refractivity contribution in [3.05, 3.63) is 30.0 Å². The molecule has 144 valence electrons. The summed E-state index contributed by atoms with van der Waals surface area (Å²) in [5.41, 5.74) is 0.896. The molecule has 0 fully saturated rings. The Labute approximate surface area is 150 Å². The van der Waals surface area contributed by atoms with Gasteiger partial charge in [-0.3, -0.25) is 0 Å². The molecule has 1 aromatic heterocycles. The molecule has 0 amide bonds. The smallest absolute Gasteiger partial charge is 0.389 e.